The molecule has 0 N–H and O–H groups in total. The number of aryl methyl sites for hydroxylation is 1. The molecule has 2 aliphatic rings. The van der Waals surface area contributed by atoms with Crippen LogP contribution in [-0.2, 0) is 17.6 Å². The van der Waals surface area contributed by atoms with E-state index in [2.05, 4.69) is 24.0 Å². The zero-order valence-electron chi connectivity index (χ0n) is 12.3. The molecule has 0 aromatic heterocycles. The number of likely N-dealkylation sites (N-methyl/N-ethyl adjacent to an activating group) is 1. The number of fused-ring (bicyclic) bond motifs is 2. The lowest BCUT2D eigenvalue weighted by Gasteiger charge is -2.30. The van der Waals surface area contributed by atoms with Crippen molar-refractivity contribution in [2.24, 2.45) is 0 Å². The van der Waals surface area contributed by atoms with Gasteiger partial charge < -0.3 is 9.64 Å². The number of amides is 1. The molecule has 1 amide bonds. The first-order valence-electron chi connectivity index (χ1n) is 7.59. The van der Waals surface area contributed by atoms with Gasteiger partial charge in [-0.15, -0.1) is 0 Å². The number of hydrogen-bond acceptors (Lipinski definition) is 3. The first kappa shape index (κ1) is 13.3. The number of rotatable bonds is 2. The van der Waals surface area contributed by atoms with E-state index in [0.717, 1.165) is 44.6 Å². The smallest absolute Gasteiger partial charge is 0.414 e. The van der Waals surface area contributed by atoms with Crippen molar-refractivity contribution in [2.45, 2.75) is 33.1 Å². The van der Waals surface area contributed by atoms with Gasteiger partial charge in [0.05, 0.1) is 12.3 Å². The van der Waals surface area contributed by atoms with Crippen molar-refractivity contribution < 1.29 is 9.53 Å². The van der Waals surface area contributed by atoms with Gasteiger partial charge >= 0.3 is 6.09 Å². The first-order valence-corrected chi connectivity index (χ1v) is 7.59. The Hall–Kier alpha value is -1.71. The van der Waals surface area contributed by atoms with Gasteiger partial charge in [-0.2, -0.15) is 0 Å². The summed E-state index contributed by atoms with van der Waals surface area (Å²) in [7, 11) is 0. The zero-order valence-corrected chi connectivity index (χ0v) is 12.3. The van der Waals surface area contributed by atoms with Crippen LogP contribution in [0.4, 0.5) is 16.2 Å². The summed E-state index contributed by atoms with van der Waals surface area (Å²) >= 11 is 0. The molecule has 0 fully saturated rings. The van der Waals surface area contributed by atoms with E-state index in [1.165, 1.54) is 16.8 Å². The van der Waals surface area contributed by atoms with Gasteiger partial charge in [0.2, 0.25) is 0 Å². The van der Waals surface area contributed by atoms with E-state index in [1.807, 2.05) is 6.92 Å². The molecule has 1 aromatic carbocycles. The molecule has 20 heavy (non-hydrogen) atoms. The number of carbonyl (C=O) groups is 1. The summed E-state index contributed by atoms with van der Waals surface area (Å²) in [6.45, 7) is 7.33. The molecule has 0 bridgehead atoms. The summed E-state index contributed by atoms with van der Waals surface area (Å²) in [5, 5.41) is 0. The lowest BCUT2D eigenvalue weighted by molar-refractivity contribution is 0.159. The molecule has 4 heteroatoms. The Labute approximate surface area is 120 Å². The molecule has 108 valence electrons. The van der Waals surface area contributed by atoms with Crippen LogP contribution in [0.3, 0.4) is 0 Å². The lowest BCUT2D eigenvalue weighted by Crippen LogP contribution is -2.36. The first-order chi connectivity index (χ1) is 9.74. The van der Waals surface area contributed by atoms with Gasteiger partial charge in [0.15, 0.2) is 0 Å². The van der Waals surface area contributed by atoms with E-state index < -0.39 is 0 Å². The van der Waals surface area contributed by atoms with E-state index in [-0.39, 0.29) is 6.09 Å². The molecular weight excluding hydrogens is 252 g/mol. The van der Waals surface area contributed by atoms with Crippen LogP contribution in [0.15, 0.2) is 12.1 Å². The minimum absolute atomic E-state index is 0.213. The van der Waals surface area contributed by atoms with Crippen LogP contribution in [0, 0.1) is 0 Å². The predicted molar refractivity (Wildman–Crippen MR) is 80.7 cm³/mol. The third-order valence-electron chi connectivity index (χ3n) is 4.26. The summed E-state index contributed by atoms with van der Waals surface area (Å²) in [6, 6.07) is 4.49. The zero-order chi connectivity index (χ0) is 14.1. The highest BCUT2D eigenvalue weighted by Crippen LogP contribution is 2.37. The second kappa shape index (κ2) is 5.35. The Bertz CT molecular complexity index is 527. The fourth-order valence-corrected chi connectivity index (χ4v) is 3.26. The van der Waals surface area contributed by atoms with E-state index in [1.54, 1.807) is 4.90 Å². The highest BCUT2D eigenvalue weighted by atomic mass is 16.6. The number of ether oxygens (including phenoxy) is 1. The third kappa shape index (κ3) is 2.13. The van der Waals surface area contributed by atoms with Gasteiger partial charge in [0, 0.05) is 25.3 Å². The predicted octanol–water partition coefficient (Wildman–Crippen LogP) is 2.98. The average molecular weight is 274 g/mol. The lowest BCUT2D eigenvalue weighted by atomic mass is 9.98. The van der Waals surface area contributed by atoms with Crippen molar-refractivity contribution in [3.05, 3.63) is 23.3 Å². The van der Waals surface area contributed by atoms with Crippen molar-refractivity contribution in [3.63, 3.8) is 0 Å². The maximum Gasteiger partial charge on any atom is 0.414 e. The van der Waals surface area contributed by atoms with Gasteiger partial charge in [0.25, 0.3) is 0 Å². The fourth-order valence-electron chi connectivity index (χ4n) is 3.26. The number of hydrogen-bond donors (Lipinski definition) is 0. The summed E-state index contributed by atoms with van der Waals surface area (Å²) in [5.74, 6) is 0. The fraction of sp³-hybridized carbons (Fsp3) is 0.562. The van der Waals surface area contributed by atoms with Crippen molar-refractivity contribution in [2.75, 3.05) is 36.0 Å². The second-order valence-corrected chi connectivity index (χ2v) is 5.39. The number of nitrogens with zero attached hydrogens (tertiary/aromatic N) is 2. The van der Waals surface area contributed by atoms with Crippen molar-refractivity contribution >= 4 is 17.5 Å². The second-order valence-electron chi connectivity index (χ2n) is 5.39. The van der Waals surface area contributed by atoms with Crippen molar-refractivity contribution in [3.8, 4) is 0 Å². The molecular formula is C16H22N2O2. The topological polar surface area (TPSA) is 32.8 Å². The summed E-state index contributed by atoms with van der Waals surface area (Å²) < 4.78 is 5.18. The number of carbonyl (C=O) groups excluding carboxylic acids is 1. The van der Waals surface area contributed by atoms with E-state index in [9.17, 15) is 4.79 Å². The molecule has 3 rings (SSSR count). The van der Waals surface area contributed by atoms with Crippen molar-refractivity contribution in [1.29, 1.82) is 0 Å². The van der Waals surface area contributed by atoms with Crippen LogP contribution >= 0.6 is 0 Å². The van der Waals surface area contributed by atoms with Crippen LogP contribution in [-0.4, -0.2) is 32.3 Å². The SMILES string of the molecule is CCOC(=O)N1CCCc2cc3c(cc21)N(CC)CC3. The van der Waals surface area contributed by atoms with Crippen LogP contribution in [0.1, 0.15) is 31.4 Å². The summed E-state index contributed by atoms with van der Waals surface area (Å²) in [5.41, 5.74) is 5.06. The molecule has 0 spiro atoms. The monoisotopic (exact) mass is 274 g/mol. The van der Waals surface area contributed by atoms with Crippen LogP contribution in [0.5, 0.6) is 0 Å². The van der Waals surface area contributed by atoms with Gasteiger partial charge in [0.1, 0.15) is 0 Å². The Morgan fingerprint density at radius 3 is 2.70 bits per heavy atom. The molecule has 0 saturated carbocycles. The molecule has 0 atom stereocenters. The largest absolute Gasteiger partial charge is 0.449 e. The van der Waals surface area contributed by atoms with Gasteiger partial charge in [-0.05, 0) is 50.3 Å². The Morgan fingerprint density at radius 2 is 1.95 bits per heavy atom. The van der Waals surface area contributed by atoms with Crippen LogP contribution in [0.2, 0.25) is 0 Å². The highest BCUT2D eigenvalue weighted by Gasteiger charge is 2.27. The third-order valence-corrected chi connectivity index (χ3v) is 4.26. The summed E-state index contributed by atoms with van der Waals surface area (Å²) in [6.07, 6.45) is 2.98. The molecule has 0 saturated heterocycles. The standard InChI is InChI=1S/C16H22N2O2/c1-3-17-9-7-13-10-12-6-5-8-18(16(19)20-4-2)15(12)11-14(13)17/h10-11H,3-9H2,1-2H3. The molecule has 0 unspecified atom stereocenters. The van der Waals surface area contributed by atoms with Crippen LogP contribution < -0.4 is 9.80 Å². The Kier molecular flexibility index (Phi) is 3.55. The summed E-state index contributed by atoms with van der Waals surface area (Å²) in [4.78, 5) is 16.3. The van der Waals surface area contributed by atoms with E-state index >= 15 is 0 Å². The minimum Gasteiger partial charge on any atom is -0.449 e. The van der Waals surface area contributed by atoms with E-state index in [4.69, 9.17) is 4.74 Å². The highest BCUT2D eigenvalue weighted by molar-refractivity contribution is 5.90. The molecule has 0 aliphatic carbocycles. The van der Waals surface area contributed by atoms with Crippen LogP contribution in [0.25, 0.3) is 0 Å². The van der Waals surface area contributed by atoms with Gasteiger partial charge in [-0.1, -0.05) is 6.07 Å². The number of anilines is 2. The normalized spacial score (nSPS) is 16.9. The maximum atomic E-state index is 12.1. The molecule has 0 radical (unpaired) electrons. The van der Waals surface area contributed by atoms with Crippen molar-refractivity contribution in [1.82, 2.24) is 0 Å². The Balaban J connectivity index is 1.98. The minimum atomic E-state index is -0.213. The van der Waals surface area contributed by atoms with Gasteiger partial charge in [-0.25, -0.2) is 4.79 Å². The molecule has 1 aromatic rings. The quantitative estimate of drug-likeness (QED) is 0.831. The number of benzene rings is 1. The molecule has 2 aliphatic heterocycles. The van der Waals surface area contributed by atoms with E-state index in [0.29, 0.717) is 6.61 Å². The Morgan fingerprint density at radius 1 is 1.15 bits per heavy atom. The average Bonchev–Trinajstić information content (AvgIpc) is 2.86. The maximum absolute atomic E-state index is 12.1. The molecule has 4 nitrogen and oxygen atoms in total. The molecule has 2 heterocycles. The van der Waals surface area contributed by atoms with Gasteiger partial charge in [-0.3, -0.25) is 4.90 Å².